The van der Waals surface area contributed by atoms with Gasteiger partial charge in [0.05, 0.1) is 106 Å². The molecule has 0 amide bonds. The predicted molar refractivity (Wildman–Crippen MR) is 227 cm³/mol. The quantitative estimate of drug-likeness (QED) is 0.0705. The molecule has 0 aliphatic carbocycles. The number of aromatic nitrogens is 1. The summed E-state index contributed by atoms with van der Waals surface area (Å²) in [7, 11) is 0. The number of para-hydroxylation sites is 1. The second-order valence-electron chi connectivity index (χ2n) is 16.0. The molecule has 0 spiro atoms. The molecule has 0 bridgehead atoms. The summed E-state index contributed by atoms with van der Waals surface area (Å²) in [5.74, 6) is -3.08. The Bertz CT molecular complexity index is 1520. The summed E-state index contributed by atoms with van der Waals surface area (Å²) in [4.78, 5) is 26.4. The second kappa shape index (κ2) is 27.6. The van der Waals surface area contributed by atoms with Gasteiger partial charge >= 0.3 is 11.9 Å². The van der Waals surface area contributed by atoms with Crippen LogP contribution in [-0.4, -0.2) is 139 Å². The zero-order chi connectivity index (χ0) is 44.9. The highest BCUT2D eigenvalue weighted by Gasteiger charge is 2.32. The van der Waals surface area contributed by atoms with Gasteiger partial charge in [0.2, 0.25) is 11.8 Å². The van der Waals surface area contributed by atoms with E-state index in [4.69, 9.17) is 37.9 Å². The summed E-state index contributed by atoms with van der Waals surface area (Å²) in [6.45, 7) is 21.8. The molecule has 0 aliphatic heterocycles. The van der Waals surface area contributed by atoms with Crippen LogP contribution in [0.5, 0.6) is 11.8 Å². The first-order chi connectivity index (χ1) is 28.4. The van der Waals surface area contributed by atoms with E-state index in [0.29, 0.717) is 56.1 Å². The number of esters is 2. The van der Waals surface area contributed by atoms with E-state index in [0.717, 1.165) is 11.1 Å². The molecule has 0 aliphatic rings. The zero-order valence-corrected chi connectivity index (χ0v) is 37.9. The fourth-order valence-electron chi connectivity index (χ4n) is 6.39. The summed E-state index contributed by atoms with van der Waals surface area (Å²) < 4.78 is 47.1. The number of carbonyl (C=O) groups excluding carboxylic acids is 2. The predicted octanol–water partition coefficient (Wildman–Crippen LogP) is 5.40. The fraction of sp³-hybridized carbons (Fsp3) is 0.733. The molecular formula is C45H75NO14. The summed E-state index contributed by atoms with van der Waals surface area (Å²) in [6.07, 6.45) is -0.415. The number of aryl methyl sites for hydroxylation is 2. The Labute approximate surface area is 357 Å². The number of nitrogens with zero attached hydrogens (tertiary/aromatic N) is 1. The van der Waals surface area contributed by atoms with Crippen LogP contribution in [0.3, 0.4) is 0 Å². The number of ether oxygens (including phenoxy) is 8. The van der Waals surface area contributed by atoms with Crippen LogP contribution in [0.1, 0.15) is 97.9 Å². The molecular weight excluding hydrogens is 778 g/mol. The molecule has 15 nitrogen and oxygen atoms in total. The average molecular weight is 854 g/mol. The molecule has 0 saturated heterocycles. The summed E-state index contributed by atoms with van der Waals surface area (Å²) in [5.41, 5.74) is 3.37. The Morgan fingerprint density at radius 2 is 1.07 bits per heavy atom. The van der Waals surface area contributed by atoms with E-state index in [9.17, 15) is 30.0 Å². The Hall–Kier alpha value is -3.28. The van der Waals surface area contributed by atoms with Crippen LogP contribution in [-0.2, 0) is 66.7 Å². The van der Waals surface area contributed by atoms with Gasteiger partial charge in [0, 0.05) is 11.1 Å². The van der Waals surface area contributed by atoms with Crippen molar-refractivity contribution in [3.05, 3.63) is 40.5 Å². The van der Waals surface area contributed by atoms with Crippen molar-refractivity contribution in [2.24, 2.45) is 11.8 Å². The van der Waals surface area contributed by atoms with E-state index in [-0.39, 0.29) is 88.2 Å². The van der Waals surface area contributed by atoms with Gasteiger partial charge in [-0.15, -0.1) is 0 Å². The number of rotatable bonds is 31. The number of carbonyl (C=O) groups is 2. The highest BCUT2D eigenvalue weighted by Crippen LogP contribution is 2.40. The largest absolute Gasteiger partial charge is 0.494 e. The van der Waals surface area contributed by atoms with Gasteiger partial charge in [0.1, 0.15) is 13.2 Å². The molecule has 2 aromatic rings. The van der Waals surface area contributed by atoms with Crippen LogP contribution in [0, 0.1) is 18.8 Å². The van der Waals surface area contributed by atoms with Gasteiger partial charge in [-0.25, -0.2) is 0 Å². The Morgan fingerprint density at radius 3 is 1.48 bits per heavy atom. The second-order valence-corrected chi connectivity index (χ2v) is 16.0. The molecule has 1 aromatic heterocycles. The monoisotopic (exact) mass is 854 g/mol. The molecule has 4 N–H and O–H groups in total. The Kier molecular flexibility index (Phi) is 24.3. The van der Waals surface area contributed by atoms with Crippen molar-refractivity contribution < 1.29 is 67.9 Å². The summed E-state index contributed by atoms with van der Waals surface area (Å²) in [6, 6.07) is 5.85. The first-order valence-corrected chi connectivity index (χ1v) is 21.5. The van der Waals surface area contributed by atoms with Crippen LogP contribution >= 0.6 is 0 Å². The maximum Gasteiger partial charge on any atom is 0.309 e. The standard InChI is InChI=1S/C45H75NO14/c1-12-37-15-14-16-38(13-2)41(37)46-42(49)36(11)40(43(46)50)20-39(45(52)53-18-17-47)19-28(3)44(51)60-27-35(10)59-26-34(9)58-25-33(8)57-24-32(7)56-23-31(6)55-22-30(5)54-21-29(4)48/h14-16,28-35,39,47-50H,12-13,17-27H2,1-11H3. The van der Waals surface area contributed by atoms with Crippen molar-refractivity contribution in [2.45, 2.75) is 145 Å². The number of aliphatic hydroxyl groups excluding tert-OH is 2. The van der Waals surface area contributed by atoms with Crippen LogP contribution < -0.4 is 0 Å². The third-order valence-corrected chi connectivity index (χ3v) is 9.99. The molecule has 1 aromatic carbocycles. The van der Waals surface area contributed by atoms with Gasteiger partial charge in [-0.2, -0.15) is 0 Å². The van der Waals surface area contributed by atoms with E-state index >= 15 is 0 Å². The molecule has 60 heavy (non-hydrogen) atoms. The molecule has 1 heterocycles. The number of aliphatic hydroxyl groups is 2. The van der Waals surface area contributed by atoms with Gasteiger partial charge in [-0.05, 0) is 92.2 Å². The van der Waals surface area contributed by atoms with E-state index < -0.39 is 36.0 Å². The third-order valence-electron chi connectivity index (χ3n) is 9.99. The average Bonchev–Trinajstić information content (AvgIpc) is 3.43. The first-order valence-electron chi connectivity index (χ1n) is 21.5. The van der Waals surface area contributed by atoms with Crippen molar-refractivity contribution in [1.82, 2.24) is 4.57 Å². The molecule has 0 saturated carbocycles. The van der Waals surface area contributed by atoms with Crippen molar-refractivity contribution in [3.8, 4) is 17.4 Å². The normalized spacial score (nSPS) is 16.4. The summed E-state index contributed by atoms with van der Waals surface area (Å²) in [5, 5.41) is 41.4. The van der Waals surface area contributed by atoms with E-state index in [2.05, 4.69) is 0 Å². The van der Waals surface area contributed by atoms with Crippen LogP contribution in [0.2, 0.25) is 0 Å². The lowest BCUT2D eigenvalue weighted by atomic mass is 9.89. The molecule has 15 heteroatoms. The van der Waals surface area contributed by atoms with Gasteiger partial charge in [-0.1, -0.05) is 39.0 Å². The number of benzene rings is 1. The van der Waals surface area contributed by atoms with Crippen molar-refractivity contribution in [3.63, 3.8) is 0 Å². The maximum atomic E-state index is 13.2. The zero-order valence-electron chi connectivity index (χ0n) is 37.9. The van der Waals surface area contributed by atoms with Crippen LogP contribution in [0.25, 0.3) is 5.69 Å². The van der Waals surface area contributed by atoms with E-state index in [1.54, 1.807) is 27.7 Å². The number of hydrogen-bond acceptors (Lipinski definition) is 14. The van der Waals surface area contributed by atoms with E-state index in [1.165, 1.54) is 4.57 Å². The topological polar surface area (TPSA) is 194 Å². The minimum absolute atomic E-state index is 0.0122. The lowest BCUT2D eigenvalue weighted by Gasteiger charge is -2.23. The van der Waals surface area contributed by atoms with Crippen molar-refractivity contribution in [1.29, 1.82) is 0 Å². The molecule has 9 unspecified atom stereocenters. The van der Waals surface area contributed by atoms with Gasteiger partial charge < -0.3 is 58.3 Å². The summed E-state index contributed by atoms with van der Waals surface area (Å²) >= 11 is 0. The van der Waals surface area contributed by atoms with Gasteiger partial charge in [0.25, 0.3) is 0 Å². The Morgan fingerprint density at radius 1 is 0.633 bits per heavy atom. The van der Waals surface area contributed by atoms with Crippen molar-refractivity contribution >= 4 is 11.9 Å². The lowest BCUT2D eigenvalue weighted by molar-refractivity contribution is -0.155. The maximum absolute atomic E-state index is 13.2. The molecule has 2 rings (SSSR count). The number of hydrogen-bond donors (Lipinski definition) is 4. The Balaban J connectivity index is 1.84. The number of aromatic hydroxyl groups is 2. The molecule has 344 valence electrons. The SMILES string of the molecule is CCc1cccc(CC)c1-n1c(O)c(C)c(CC(CC(C)C(=O)OCC(C)OCC(C)OCC(C)OCC(C)OCC(C)OCC(C)OCC(C)O)C(=O)OCCO)c1O. The minimum Gasteiger partial charge on any atom is -0.494 e. The molecule has 0 fully saturated rings. The minimum atomic E-state index is -0.884. The first kappa shape index (κ1) is 52.9. The fourth-order valence-corrected chi connectivity index (χ4v) is 6.39. The highest BCUT2D eigenvalue weighted by atomic mass is 16.6. The molecule has 9 atom stereocenters. The van der Waals surface area contributed by atoms with Gasteiger partial charge in [-0.3, -0.25) is 14.2 Å². The lowest BCUT2D eigenvalue weighted by Crippen LogP contribution is -2.30. The smallest absolute Gasteiger partial charge is 0.309 e. The van der Waals surface area contributed by atoms with Gasteiger partial charge in [0.15, 0.2) is 0 Å². The highest BCUT2D eigenvalue weighted by molar-refractivity contribution is 5.76. The van der Waals surface area contributed by atoms with Crippen molar-refractivity contribution in [2.75, 3.05) is 59.5 Å². The van der Waals surface area contributed by atoms with Crippen LogP contribution in [0.4, 0.5) is 0 Å². The third kappa shape index (κ3) is 18.0. The van der Waals surface area contributed by atoms with E-state index in [1.807, 2.05) is 66.7 Å². The molecule has 0 radical (unpaired) electrons. The van der Waals surface area contributed by atoms with Crippen LogP contribution in [0.15, 0.2) is 18.2 Å².